The molecule has 0 bridgehead atoms. The van der Waals surface area contributed by atoms with Crippen molar-refractivity contribution in [3.8, 4) is 5.75 Å². The van der Waals surface area contributed by atoms with Crippen molar-refractivity contribution in [1.29, 1.82) is 0 Å². The second kappa shape index (κ2) is 19.1. The first-order valence-corrected chi connectivity index (χ1v) is 13.7. The molecule has 2 aromatic heterocycles. The van der Waals surface area contributed by atoms with Gasteiger partial charge < -0.3 is 45.8 Å². The van der Waals surface area contributed by atoms with E-state index in [9.17, 15) is 0 Å². The summed E-state index contributed by atoms with van der Waals surface area (Å²) in [5.41, 5.74) is 2.93. The molecule has 10 N–H and O–H groups in total. The molecule has 3 aromatic rings. The Morgan fingerprint density at radius 3 is 2.55 bits per heavy atom. The van der Waals surface area contributed by atoms with E-state index in [2.05, 4.69) is 33.1 Å². The summed E-state index contributed by atoms with van der Waals surface area (Å²) in [7, 11) is 3.32. The zero-order chi connectivity index (χ0) is 23.0. The fourth-order valence-corrected chi connectivity index (χ4v) is 5.68. The van der Waals surface area contributed by atoms with Gasteiger partial charge in [0.25, 0.3) is 0 Å². The van der Waals surface area contributed by atoms with Gasteiger partial charge in [-0.3, -0.25) is 4.99 Å². The third kappa shape index (κ3) is 9.63. The highest BCUT2D eigenvalue weighted by Gasteiger charge is 2.29. The second-order valence-electron chi connectivity index (χ2n) is 7.33. The summed E-state index contributed by atoms with van der Waals surface area (Å²) in [6.45, 7) is 1.35. The summed E-state index contributed by atoms with van der Waals surface area (Å²) in [5.74, 6) is 1.93. The number of aromatic nitrogens is 2. The van der Waals surface area contributed by atoms with Crippen LogP contribution in [-0.2, 0) is 9.47 Å². The number of thioether (sulfide) groups is 2. The second-order valence-corrected chi connectivity index (χ2v) is 10.4. The minimum Gasteiger partial charge on any atom is -0.493 e. The Hall–Kier alpha value is -2.01. The third-order valence-electron chi connectivity index (χ3n) is 5.04. The van der Waals surface area contributed by atoms with Gasteiger partial charge in [0.1, 0.15) is 15.8 Å². The van der Waals surface area contributed by atoms with E-state index in [0.29, 0.717) is 13.2 Å². The van der Waals surface area contributed by atoms with Crippen molar-refractivity contribution in [2.45, 2.75) is 30.4 Å². The average Bonchev–Trinajstić information content (AvgIpc) is 3.49. The lowest BCUT2D eigenvalue weighted by atomic mass is 10.2. The monoisotopic (exact) mass is 592 g/mol. The van der Waals surface area contributed by atoms with Crippen LogP contribution in [-0.4, -0.2) is 87.8 Å². The van der Waals surface area contributed by atoms with Crippen molar-refractivity contribution in [3.05, 3.63) is 48.3 Å². The lowest BCUT2D eigenvalue weighted by molar-refractivity contribution is -0.0994. The van der Waals surface area contributed by atoms with Crippen LogP contribution < -0.4 is 9.46 Å². The van der Waals surface area contributed by atoms with E-state index >= 15 is 0 Å². The first-order valence-electron chi connectivity index (χ1n) is 10.6. The number of nitrogens with zero attached hydrogens (tertiary/aromatic N) is 2. The Balaban J connectivity index is 0. The highest BCUT2D eigenvalue weighted by Crippen LogP contribution is 2.35. The smallest absolute Gasteiger partial charge is 0.170 e. The first-order chi connectivity index (χ1) is 16.2. The molecule has 1 aliphatic rings. The molecule has 0 amide bonds. The summed E-state index contributed by atoms with van der Waals surface area (Å²) in [6, 6.07) is 12.1. The summed E-state index contributed by atoms with van der Waals surface area (Å²) in [6.07, 6.45) is 4.63. The molecule has 0 saturated heterocycles. The maximum atomic E-state index is 6.06. The normalized spacial score (nSPS) is 13.8. The predicted molar refractivity (Wildman–Crippen MR) is 162 cm³/mol. The number of rotatable bonds is 12. The predicted octanol–water partition coefficient (Wildman–Crippen LogP) is 2.63. The van der Waals surface area contributed by atoms with E-state index in [0.717, 1.165) is 50.3 Å². The molecule has 38 heavy (non-hydrogen) atoms. The zero-order valence-electron chi connectivity index (χ0n) is 20.9. The zero-order valence-corrected chi connectivity index (χ0v) is 23.3. The molecule has 216 valence electrons. The van der Waals surface area contributed by atoms with Crippen LogP contribution >= 0.6 is 35.5 Å². The lowest BCUT2D eigenvalue weighted by Crippen LogP contribution is -2.28. The average molecular weight is 593 g/mol. The van der Waals surface area contributed by atoms with E-state index in [-0.39, 0.29) is 40.9 Å². The van der Waals surface area contributed by atoms with E-state index < -0.39 is 0 Å². The van der Waals surface area contributed by atoms with Gasteiger partial charge in [0.15, 0.2) is 6.29 Å². The molecule has 0 saturated carbocycles. The molecular formula is C24H40N4O7S3. The SMILES string of the molecule is C.COC(OC)C1CN=C(c2cc3cc(OCCCSC)cc(NSc4ccccn4)c3[nH]2)S1.O.O.O.O. The van der Waals surface area contributed by atoms with E-state index in [1.54, 1.807) is 32.2 Å². The number of nitrogens with one attached hydrogen (secondary N) is 2. The van der Waals surface area contributed by atoms with Crippen molar-refractivity contribution < 1.29 is 36.1 Å². The number of hydrogen-bond acceptors (Lipinski definition) is 9. The van der Waals surface area contributed by atoms with Gasteiger partial charge in [0.2, 0.25) is 0 Å². The van der Waals surface area contributed by atoms with Crippen molar-refractivity contribution in [3.63, 3.8) is 0 Å². The molecule has 1 unspecified atom stereocenters. The topological polar surface area (TPSA) is 207 Å². The molecule has 14 heteroatoms. The van der Waals surface area contributed by atoms with Gasteiger partial charge in [0.05, 0.1) is 35.3 Å². The molecule has 1 aliphatic heterocycles. The Morgan fingerprint density at radius 2 is 1.89 bits per heavy atom. The number of pyridine rings is 1. The standard InChI is InChI=1S/C23H28N4O3S3.CH4.4H2O/c1-28-23(29-2)19-14-25-22(32-19)18-12-15-11-16(30-9-6-10-31-3)13-17(21(15)26-18)27-33-20-7-4-5-8-24-20;;;;;/h4-5,7-8,11-13,19,23,26-27H,6,9-10,14H2,1-3H3;1H4;4*1H2. The molecule has 1 aromatic carbocycles. The Morgan fingerprint density at radius 1 is 1.13 bits per heavy atom. The largest absolute Gasteiger partial charge is 0.493 e. The number of hydrogen-bond donors (Lipinski definition) is 2. The van der Waals surface area contributed by atoms with Crippen LogP contribution in [0, 0.1) is 0 Å². The highest BCUT2D eigenvalue weighted by molar-refractivity contribution is 8.15. The van der Waals surface area contributed by atoms with E-state index in [1.165, 1.54) is 11.9 Å². The van der Waals surface area contributed by atoms with Gasteiger partial charge >= 0.3 is 0 Å². The van der Waals surface area contributed by atoms with Gasteiger partial charge in [-0.25, -0.2) is 4.98 Å². The van der Waals surface area contributed by atoms with Crippen LogP contribution in [0.5, 0.6) is 5.75 Å². The maximum absolute atomic E-state index is 6.06. The molecule has 1 atom stereocenters. The van der Waals surface area contributed by atoms with E-state index in [4.69, 9.17) is 19.2 Å². The summed E-state index contributed by atoms with van der Waals surface area (Å²) in [5, 5.41) is 3.06. The fraction of sp³-hybridized carbons (Fsp3) is 0.417. The number of anilines is 1. The molecule has 0 spiro atoms. The molecule has 0 fully saturated rings. The van der Waals surface area contributed by atoms with Gasteiger partial charge in [-0.1, -0.05) is 25.3 Å². The third-order valence-corrected chi connectivity index (χ3v) is 7.76. The number of fused-ring (bicyclic) bond motifs is 1. The molecular weight excluding hydrogens is 552 g/mol. The minimum absolute atomic E-state index is 0. The van der Waals surface area contributed by atoms with Crippen molar-refractivity contribution >= 4 is 57.1 Å². The molecule has 0 radical (unpaired) electrons. The number of aliphatic imine (C=N–C) groups is 1. The maximum Gasteiger partial charge on any atom is 0.170 e. The molecule has 0 aliphatic carbocycles. The number of H-pyrrole nitrogens is 1. The van der Waals surface area contributed by atoms with Gasteiger partial charge in [-0.05, 0) is 42.7 Å². The summed E-state index contributed by atoms with van der Waals surface area (Å²) < 4.78 is 20.4. The van der Waals surface area contributed by atoms with Crippen LogP contribution in [0.1, 0.15) is 19.5 Å². The number of ether oxygens (including phenoxy) is 3. The van der Waals surface area contributed by atoms with Crippen LogP contribution in [0.25, 0.3) is 10.9 Å². The molecule has 4 rings (SSSR count). The van der Waals surface area contributed by atoms with Crippen LogP contribution in [0.3, 0.4) is 0 Å². The highest BCUT2D eigenvalue weighted by atomic mass is 32.2. The van der Waals surface area contributed by atoms with Crippen molar-refractivity contribution in [2.75, 3.05) is 44.1 Å². The Labute approximate surface area is 236 Å². The summed E-state index contributed by atoms with van der Waals surface area (Å²) >= 11 is 4.98. The van der Waals surface area contributed by atoms with Crippen LogP contribution in [0.15, 0.2) is 52.6 Å². The number of aromatic amines is 1. The molecule has 11 nitrogen and oxygen atoms in total. The van der Waals surface area contributed by atoms with Crippen LogP contribution in [0.2, 0.25) is 0 Å². The number of methoxy groups -OCH3 is 2. The first kappa shape index (κ1) is 38.1. The Kier molecular flexibility index (Phi) is 19.2. The van der Waals surface area contributed by atoms with E-state index in [1.807, 2.05) is 36.0 Å². The van der Waals surface area contributed by atoms with Gasteiger partial charge in [-0.15, -0.1) is 0 Å². The van der Waals surface area contributed by atoms with Crippen molar-refractivity contribution in [2.24, 2.45) is 4.99 Å². The lowest BCUT2D eigenvalue weighted by Gasteiger charge is -2.18. The van der Waals surface area contributed by atoms with Crippen LogP contribution in [0.4, 0.5) is 5.69 Å². The number of benzene rings is 1. The quantitative estimate of drug-likeness (QED) is 0.181. The molecule has 3 heterocycles. The Bertz CT molecular complexity index is 1090. The van der Waals surface area contributed by atoms with Crippen molar-refractivity contribution in [1.82, 2.24) is 9.97 Å². The van der Waals surface area contributed by atoms with Gasteiger partial charge in [-0.2, -0.15) is 11.8 Å². The van der Waals surface area contributed by atoms with Gasteiger partial charge in [0, 0.05) is 43.8 Å². The fourth-order valence-electron chi connectivity index (χ4n) is 3.48. The summed E-state index contributed by atoms with van der Waals surface area (Å²) in [4.78, 5) is 12.7. The minimum atomic E-state index is -0.283.